The monoisotopic (exact) mass is 171 g/mol. The number of nitrogens with one attached hydrogen (secondary N) is 1. The lowest BCUT2D eigenvalue weighted by Crippen LogP contribution is -2.28. The summed E-state index contributed by atoms with van der Waals surface area (Å²) in [5, 5.41) is 3.12. The molecule has 0 aliphatic heterocycles. The molecule has 0 aliphatic rings. The van der Waals surface area contributed by atoms with Crippen LogP contribution in [0.25, 0.3) is 0 Å². The molecule has 0 radical (unpaired) electrons. The van der Waals surface area contributed by atoms with Crippen LogP contribution in [0.5, 0.6) is 0 Å². The first-order valence-corrected chi connectivity index (χ1v) is 4.92. The first kappa shape index (κ1) is 11.6. The fraction of sp³-hybridized carbons (Fsp3) is 0.900. The quantitative estimate of drug-likeness (QED) is 0.595. The van der Waals surface area contributed by atoms with E-state index in [9.17, 15) is 4.79 Å². The normalized spacial score (nSPS) is 10.7. The van der Waals surface area contributed by atoms with Gasteiger partial charge in [0.1, 0.15) is 5.78 Å². The van der Waals surface area contributed by atoms with Gasteiger partial charge in [-0.05, 0) is 6.42 Å². The molecule has 0 aromatic carbocycles. The summed E-state index contributed by atoms with van der Waals surface area (Å²) < 4.78 is 0. The van der Waals surface area contributed by atoms with Crippen LogP contribution >= 0.6 is 0 Å². The van der Waals surface area contributed by atoms with E-state index < -0.39 is 0 Å². The molecule has 0 aromatic rings. The first-order chi connectivity index (χ1) is 5.66. The van der Waals surface area contributed by atoms with E-state index in [0.717, 1.165) is 12.8 Å². The van der Waals surface area contributed by atoms with E-state index in [1.165, 1.54) is 12.8 Å². The van der Waals surface area contributed by atoms with Crippen LogP contribution in [0.2, 0.25) is 0 Å². The van der Waals surface area contributed by atoms with Crippen molar-refractivity contribution in [3.05, 3.63) is 0 Å². The summed E-state index contributed by atoms with van der Waals surface area (Å²) in [7, 11) is 0. The zero-order chi connectivity index (χ0) is 9.40. The topological polar surface area (TPSA) is 29.1 Å². The van der Waals surface area contributed by atoms with Crippen molar-refractivity contribution in [2.24, 2.45) is 0 Å². The van der Waals surface area contributed by atoms with Gasteiger partial charge < -0.3 is 5.32 Å². The molecule has 0 aliphatic carbocycles. The first-order valence-electron chi connectivity index (χ1n) is 4.92. The summed E-state index contributed by atoms with van der Waals surface area (Å²) in [6.07, 6.45) is 4.15. The minimum Gasteiger partial charge on any atom is -0.308 e. The van der Waals surface area contributed by atoms with Gasteiger partial charge in [-0.25, -0.2) is 0 Å². The van der Waals surface area contributed by atoms with E-state index in [4.69, 9.17) is 0 Å². The smallest absolute Gasteiger partial charge is 0.146 e. The average Bonchev–Trinajstić information content (AvgIpc) is 2.01. The molecule has 0 spiro atoms. The van der Waals surface area contributed by atoms with Gasteiger partial charge in [0.2, 0.25) is 0 Å². The highest BCUT2D eigenvalue weighted by Gasteiger charge is 2.01. The van der Waals surface area contributed by atoms with Crippen molar-refractivity contribution in [3.8, 4) is 0 Å². The summed E-state index contributed by atoms with van der Waals surface area (Å²) in [6, 6.07) is 0.417. The van der Waals surface area contributed by atoms with Crippen molar-refractivity contribution in [2.45, 2.75) is 52.5 Å². The van der Waals surface area contributed by atoms with Gasteiger partial charge in [0, 0.05) is 12.5 Å². The Kier molecular flexibility index (Phi) is 7.06. The molecule has 2 nitrogen and oxygen atoms in total. The number of carbonyl (C=O) groups excluding carboxylic acids is 1. The molecule has 0 atom stereocenters. The van der Waals surface area contributed by atoms with Crippen LogP contribution in [0.15, 0.2) is 0 Å². The zero-order valence-electron chi connectivity index (χ0n) is 8.52. The fourth-order valence-corrected chi connectivity index (χ4v) is 0.979. The number of hydrogen-bond acceptors (Lipinski definition) is 2. The molecule has 0 aromatic heterocycles. The molecule has 0 heterocycles. The van der Waals surface area contributed by atoms with Crippen molar-refractivity contribution in [1.82, 2.24) is 5.32 Å². The Bertz CT molecular complexity index is 121. The van der Waals surface area contributed by atoms with Crippen molar-refractivity contribution in [1.29, 1.82) is 0 Å². The Hall–Kier alpha value is -0.370. The lowest BCUT2D eigenvalue weighted by molar-refractivity contribution is -0.118. The average molecular weight is 171 g/mol. The number of hydrogen-bond donors (Lipinski definition) is 1. The standard InChI is InChI=1S/C10H21NO/c1-4-5-6-7-10(12)8-11-9(2)3/h9,11H,4-8H2,1-3H3. The maximum Gasteiger partial charge on any atom is 0.146 e. The van der Waals surface area contributed by atoms with Crippen LogP contribution < -0.4 is 5.32 Å². The Balaban J connectivity index is 3.22. The largest absolute Gasteiger partial charge is 0.308 e. The van der Waals surface area contributed by atoms with E-state index in [2.05, 4.69) is 26.1 Å². The van der Waals surface area contributed by atoms with Crippen LogP contribution in [0.3, 0.4) is 0 Å². The number of ketones is 1. The second-order valence-electron chi connectivity index (χ2n) is 3.53. The van der Waals surface area contributed by atoms with E-state index in [1.54, 1.807) is 0 Å². The molecule has 12 heavy (non-hydrogen) atoms. The van der Waals surface area contributed by atoms with Gasteiger partial charge in [-0.2, -0.15) is 0 Å². The highest BCUT2D eigenvalue weighted by Crippen LogP contribution is 1.98. The maximum atomic E-state index is 11.2. The van der Waals surface area contributed by atoms with Crippen LogP contribution in [-0.2, 0) is 4.79 Å². The molecule has 2 heteroatoms. The maximum absolute atomic E-state index is 11.2. The second-order valence-corrected chi connectivity index (χ2v) is 3.53. The molecule has 72 valence electrons. The van der Waals surface area contributed by atoms with Gasteiger partial charge in [0.25, 0.3) is 0 Å². The number of carbonyl (C=O) groups is 1. The van der Waals surface area contributed by atoms with E-state index in [1.807, 2.05) is 0 Å². The van der Waals surface area contributed by atoms with E-state index >= 15 is 0 Å². The molecule has 0 saturated heterocycles. The van der Waals surface area contributed by atoms with Gasteiger partial charge >= 0.3 is 0 Å². The van der Waals surface area contributed by atoms with Crippen LogP contribution in [0, 0.1) is 0 Å². The molecule has 0 bridgehead atoms. The molecule has 0 amide bonds. The third-order valence-electron chi connectivity index (χ3n) is 1.77. The van der Waals surface area contributed by atoms with Crippen molar-refractivity contribution >= 4 is 5.78 Å². The third-order valence-corrected chi connectivity index (χ3v) is 1.77. The Morgan fingerprint density at radius 3 is 2.50 bits per heavy atom. The van der Waals surface area contributed by atoms with Crippen molar-refractivity contribution in [3.63, 3.8) is 0 Å². The van der Waals surface area contributed by atoms with E-state index in [-0.39, 0.29) is 0 Å². The molecular weight excluding hydrogens is 150 g/mol. The minimum atomic E-state index is 0.345. The predicted octanol–water partition coefficient (Wildman–Crippen LogP) is 2.13. The number of rotatable bonds is 7. The highest BCUT2D eigenvalue weighted by atomic mass is 16.1. The lowest BCUT2D eigenvalue weighted by atomic mass is 10.1. The van der Waals surface area contributed by atoms with Gasteiger partial charge in [0.15, 0.2) is 0 Å². The second kappa shape index (κ2) is 7.29. The molecule has 1 N–H and O–H groups in total. The Morgan fingerprint density at radius 1 is 1.33 bits per heavy atom. The molecule has 0 saturated carbocycles. The SMILES string of the molecule is CCCCCC(=O)CNC(C)C. The van der Waals surface area contributed by atoms with Crippen molar-refractivity contribution < 1.29 is 4.79 Å². The Labute approximate surface area is 75.7 Å². The summed E-state index contributed by atoms with van der Waals surface area (Å²) in [4.78, 5) is 11.2. The van der Waals surface area contributed by atoms with Gasteiger partial charge in [0.05, 0.1) is 6.54 Å². The van der Waals surface area contributed by atoms with Crippen molar-refractivity contribution in [2.75, 3.05) is 6.54 Å². The minimum absolute atomic E-state index is 0.345. The van der Waals surface area contributed by atoms with Gasteiger partial charge in [-0.15, -0.1) is 0 Å². The summed E-state index contributed by atoms with van der Waals surface area (Å²) in [5.74, 6) is 0.345. The summed E-state index contributed by atoms with van der Waals surface area (Å²) >= 11 is 0. The van der Waals surface area contributed by atoms with Crippen LogP contribution in [0.1, 0.15) is 46.5 Å². The molecule has 0 fully saturated rings. The predicted molar refractivity (Wildman–Crippen MR) is 52.3 cm³/mol. The number of unbranched alkanes of at least 4 members (excludes halogenated alkanes) is 2. The number of Topliss-reactive ketones (excluding diaryl/α,β-unsaturated/α-hetero) is 1. The molecule has 0 unspecified atom stereocenters. The Morgan fingerprint density at radius 2 is 2.00 bits per heavy atom. The third kappa shape index (κ3) is 7.73. The highest BCUT2D eigenvalue weighted by molar-refractivity contribution is 5.80. The summed E-state index contributed by atoms with van der Waals surface area (Å²) in [5.41, 5.74) is 0. The van der Waals surface area contributed by atoms with Crippen LogP contribution in [-0.4, -0.2) is 18.4 Å². The molecule has 0 rings (SSSR count). The fourth-order valence-electron chi connectivity index (χ4n) is 0.979. The lowest BCUT2D eigenvalue weighted by Gasteiger charge is -2.06. The van der Waals surface area contributed by atoms with Gasteiger partial charge in [-0.1, -0.05) is 33.6 Å². The summed E-state index contributed by atoms with van der Waals surface area (Å²) in [6.45, 7) is 6.80. The zero-order valence-corrected chi connectivity index (χ0v) is 8.52. The van der Waals surface area contributed by atoms with Gasteiger partial charge in [-0.3, -0.25) is 4.79 Å². The van der Waals surface area contributed by atoms with Crippen LogP contribution in [0.4, 0.5) is 0 Å². The van der Waals surface area contributed by atoms with E-state index in [0.29, 0.717) is 18.4 Å². The molecular formula is C10H21NO.